The molecule has 1 aromatic rings. The molecular weight excluding hydrogens is 360 g/mol. The number of hydrogen-bond acceptors (Lipinski definition) is 3. The number of carbonyl (C=O) groups excluding carboxylic acids is 1. The fourth-order valence-electron chi connectivity index (χ4n) is 2.59. The lowest BCUT2D eigenvalue weighted by Gasteiger charge is -2.35. The Hall–Kier alpha value is -1.14. The maximum atomic E-state index is 12.7. The molecule has 1 atom stereocenters. The first-order valence-corrected chi connectivity index (χ1v) is 8.00. The summed E-state index contributed by atoms with van der Waals surface area (Å²) in [7, 11) is 0. The van der Waals surface area contributed by atoms with E-state index in [4.69, 9.17) is 16.7 Å². The van der Waals surface area contributed by atoms with Crippen LogP contribution in [0.1, 0.15) is 42.5 Å². The molecule has 2 heterocycles. The second-order valence-electron chi connectivity index (χ2n) is 5.07. The molecule has 114 valence electrons. The Morgan fingerprint density at radius 3 is 2.95 bits per heavy atom. The normalized spacial score (nSPS) is 18.6. The van der Waals surface area contributed by atoms with Crippen LogP contribution in [0.25, 0.3) is 0 Å². The highest BCUT2D eigenvalue weighted by molar-refractivity contribution is 9.10. The first-order chi connectivity index (χ1) is 9.99. The molecule has 1 N–H and O–H groups in total. The number of amides is 1. The van der Waals surface area contributed by atoms with Gasteiger partial charge in [-0.25, -0.2) is 4.98 Å². The third kappa shape index (κ3) is 4.17. The summed E-state index contributed by atoms with van der Waals surface area (Å²) in [5.41, 5.74) is 0.355. The summed E-state index contributed by atoms with van der Waals surface area (Å²) in [6.07, 6.45) is 4.85. The van der Waals surface area contributed by atoms with Crippen LogP contribution >= 0.6 is 27.5 Å². The molecule has 7 heteroatoms. The highest BCUT2D eigenvalue weighted by Crippen LogP contribution is 2.26. The maximum absolute atomic E-state index is 12.7. The summed E-state index contributed by atoms with van der Waals surface area (Å²) >= 11 is 9.30. The molecule has 5 nitrogen and oxygen atoms in total. The number of carboxylic acids is 1. The van der Waals surface area contributed by atoms with Crippen molar-refractivity contribution < 1.29 is 14.7 Å². The van der Waals surface area contributed by atoms with Crippen LogP contribution in [-0.4, -0.2) is 39.5 Å². The summed E-state index contributed by atoms with van der Waals surface area (Å²) in [6.45, 7) is 0.631. The molecule has 0 aromatic carbocycles. The third-order valence-electron chi connectivity index (χ3n) is 3.62. The van der Waals surface area contributed by atoms with E-state index in [0.717, 1.165) is 19.3 Å². The van der Waals surface area contributed by atoms with Crippen LogP contribution in [0.3, 0.4) is 0 Å². The second kappa shape index (κ2) is 7.22. The minimum atomic E-state index is -0.838. The van der Waals surface area contributed by atoms with Gasteiger partial charge >= 0.3 is 5.97 Å². The first-order valence-electron chi connectivity index (χ1n) is 6.83. The van der Waals surface area contributed by atoms with Crippen molar-refractivity contribution in [3.63, 3.8) is 0 Å². The molecule has 2 rings (SSSR count). The lowest BCUT2D eigenvalue weighted by Crippen LogP contribution is -2.44. The summed E-state index contributed by atoms with van der Waals surface area (Å²) in [6, 6.07) is 1.61. The largest absolute Gasteiger partial charge is 0.481 e. The zero-order chi connectivity index (χ0) is 15.4. The Balaban J connectivity index is 2.18. The molecule has 1 aromatic heterocycles. The minimum Gasteiger partial charge on any atom is -0.481 e. The smallest absolute Gasteiger partial charge is 0.303 e. The standard InChI is InChI=1S/C14H16BrClN2O3/c15-9-7-11(13(16)17-8-9)14(21)18-6-2-1-3-10(18)4-5-12(19)20/h7-8,10H,1-6H2,(H,19,20). The average molecular weight is 376 g/mol. The summed E-state index contributed by atoms with van der Waals surface area (Å²) in [5, 5.41) is 9.00. The van der Waals surface area contributed by atoms with Gasteiger partial charge in [0, 0.05) is 29.7 Å². The average Bonchev–Trinajstić information content (AvgIpc) is 2.47. The molecule has 0 bridgehead atoms. The van der Waals surface area contributed by atoms with Gasteiger partial charge in [-0.05, 0) is 47.7 Å². The van der Waals surface area contributed by atoms with Crippen LogP contribution in [0.5, 0.6) is 0 Å². The highest BCUT2D eigenvalue weighted by atomic mass is 79.9. The number of nitrogens with zero attached hydrogens (tertiary/aromatic N) is 2. The van der Waals surface area contributed by atoms with Crippen molar-refractivity contribution >= 4 is 39.4 Å². The third-order valence-corrected chi connectivity index (χ3v) is 4.35. The van der Waals surface area contributed by atoms with E-state index in [1.165, 1.54) is 6.20 Å². The van der Waals surface area contributed by atoms with Crippen LogP contribution in [0.4, 0.5) is 0 Å². The molecule has 0 saturated carbocycles. The van der Waals surface area contributed by atoms with E-state index in [1.807, 2.05) is 0 Å². The lowest BCUT2D eigenvalue weighted by molar-refractivity contribution is -0.137. The minimum absolute atomic E-state index is 0.0441. The molecule has 1 unspecified atom stereocenters. The van der Waals surface area contributed by atoms with Gasteiger partial charge in [0.15, 0.2) is 0 Å². The molecule has 1 saturated heterocycles. The van der Waals surface area contributed by atoms with E-state index < -0.39 is 5.97 Å². The molecule has 21 heavy (non-hydrogen) atoms. The van der Waals surface area contributed by atoms with Crippen molar-refractivity contribution in [2.75, 3.05) is 6.54 Å². The quantitative estimate of drug-likeness (QED) is 0.819. The topological polar surface area (TPSA) is 70.5 Å². The Bertz CT molecular complexity index is 553. The van der Waals surface area contributed by atoms with E-state index in [-0.39, 0.29) is 23.5 Å². The number of carboxylic acid groups (broad SMARTS) is 1. The Kier molecular flexibility index (Phi) is 5.58. The summed E-state index contributed by atoms with van der Waals surface area (Å²) in [5.74, 6) is -1.01. The molecule has 0 aliphatic carbocycles. The summed E-state index contributed by atoms with van der Waals surface area (Å²) in [4.78, 5) is 29.1. The van der Waals surface area contributed by atoms with Crippen molar-refractivity contribution in [3.05, 3.63) is 27.5 Å². The Morgan fingerprint density at radius 1 is 1.48 bits per heavy atom. The number of likely N-dealkylation sites (tertiary alicyclic amines) is 1. The Labute approximate surface area is 136 Å². The van der Waals surface area contributed by atoms with Crippen LogP contribution in [0, 0.1) is 0 Å². The lowest BCUT2D eigenvalue weighted by atomic mass is 9.97. The summed E-state index contributed by atoms with van der Waals surface area (Å²) < 4.78 is 0.689. The van der Waals surface area contributed by atoms with Gasteiger partial charge in [0.05, 0.1) is 5.56 Å². The van der Waals surface area contributed by atoms with Crippen LogP contribution in [0.15, 0.2) is 16.7 Å². The van der Waals surface area contributed by atoms with Gasteiger partial charge in [-0.1, -0.05) is 11.6 Å². The fraction of sp³-hybridized carbons (Fsp3) is 0.500. The SMILES string of the molecule is O=C(O)CCC1CCCCN1C(=O)c1cc(Br)cnc1Cl. The van der Waals surface area contributed by atoms with E-state index in [0.29, 0.717) is 23.0 Å². The number of pyridine rings is 1. The van der Waals surface area contributed by atoms with Gasteiger partial charge in [0.25, 0.3) is 5.91 Å². The number of halogens is 2. The van der Waals surface area contributed by atoms with Gasteiger partial charge in [-0.3, -0.25) is 9.59 Å². The van der Waals surface area contributed by atoms with Gasteiger partial charge < -0.3 is 10.0 Å². The van der Waals surface area contributed by atoms with E-state index in [9.17, 15) is 9.59 Å². The van der Waals surface area contributed by atoms with Gasteiger partial charge in [-0.15, -0.1) is 0 Å². The van der Waals surface area contributed by atoms with E-state index in [1.54, 1.807) is 11.0 Å². The molecule has 1 fully saturated rings. The number of piperidine rings is 1. The molecule has 0 spiro atoms. The molecular formula is C14H16BrClN2O3. The molecule has 1 amide bonds. The first kappa shape index (κ1) is 16.2. The zero-order valence-corrected chi connectivity index (χ0v) is 13.7. The number of carbonyl (C=O) groups is 2. The van der Waals surface area contributed by atoms with Gasteiger partial charge in [-0.2, -0.15) is 0 Å². The number of rotatable bonds is 4. The van der Waals surface area contributed by atoms with Gasteiger partial charge in [0.2, 0.25) is 0 Å². The molecule has 0 radical (unpaired) electrons. The second-order valence-corrected chi connectivity index (χ2v) is 6.35. The van der Waals surface area contributed by atoms with E-state index >= 15 is 0 Å². The number of aliphatic carboxylic acids is 1. The Morgan fingerprint density at radius 2 is 2.24 bits per heavy atom. The van der Waals surface area contributed by atoms with Crippen LogP contribution in [0.2, 0.25) is 5.15 Å². The van der Waals surface area contributed by atoms with Crippen molar-refractivity contribution in [2.24, 2.45) is 0 Å². The fourth-order valence-corrected chi connectivity index (χ4v) is 3.10. The van der Waals surface area contributed by atoms with Crippen molar-refractivity contribution in [3.8, 4) is 0 Å². The zero-order valence-electron chi connectivity index (χ0n) is 11.4. The monoisotopic (exact) mass is 374 g/mol. The molecule has 1 aliphatic rings. The van der Waals surface area contributed by atoms with Crippen molar-refractivity contribution in [2.45, 2.75) is 38.1 Å². The van der Waals surface area contributed by atoms with Crippen molar-refractivity contribution in [1.82, 2.24) is 9.88 Å². The predicted octanol–water partition coefficient (Wildman–Crippen LogP) is 3.36. The number of aromatic nitrogens is 1. The number of hydrogen-bond donors (Lipinski definition) is 1. The highest BCUT2D eigenvalue weighted by Gasteiger charge is 2.29. The maximum Gasteiger partial charge on any atom is 0.303 e. The van der Waals surface area contributed by atoms with Crippen molar-refractivity contribution in [1.29, 1.82) is 0 Å². The van der Waals surface area contributed by atoms with Gasteiger partial charge in [0.1, 0.15) is 5.15 Å². The van der Waals surface area contributed by atoms with Crippen LogP contribution in [-0.2, 0) is 4.79 Å². The van der Waals surface area contributed by atoms with Crippen LogP contribution < -0.4 is 0 Å². The predicted molar refractivity (Wildman–Crippen MR) is 82.5 cm³/mol. The molecule has 1 aliphatic heterocycles. The van der Waals surface area contributed by atoms with E-state index in [2.05, 4.69) is 20.9 Å².